The van der Waals surface area contributed by atoms with Crippen LogP contribution in [0.3, 0.4) is 0 Å². The number of halogens is 1. The Morgan fingerprint density at radius 2 is 1.78 bits per heavy atom. The molecule has 1 unspecified atom stereocenters. The highest BCUT2D eigenvalue weighted by molar-refractivity contribution is 6.31. The van der Waals surface area contributed by atoms with Crippen LogP contribution >= 0.6 is 11.6 Å². The number of hydrogen-bond acceptors (Lipinski definition) is 1. The normalized spacial score (nSPS) is 12.4. The van der Waals surface area contributed by atoms with Crippen molar-refractivity contribution in [1.29, 1.82) is 0 Å². The Bertz CT molecular complexity index is 531. The summed E-state index contributed by atoms with van der Waals surface area (Å²) in [7, 11) is 0. The van der Waals surface area contributed by atoms with Gasteiger partial charge in [-0.15, -0.1) is 0 Å². The molecule has 0 amide bonds. The second-order valence-electron chi connectivity index (χ2n) is 4.53. The highest BCUT2D eigenvalue weighted by atomic mass is 35.5. The second kappa shape index (κ2) is 5.55. The van der Waals surface area contributed by atoms with Crippen LogP contribution in [0.2, 0.25) is 5.02 Å². The van der Waals surface area contributed by atoms with Crippen LogP contribution < -0.4 is 5.73 Å². The zero-order chi connectivity index (χ0) is 13.1. The van der Waals surface area contributed by atoms with E-state index in [0.29, 0.717) is 0 Å². The molecule has 2 heteroatoms. The first-order valence-electron chi connectivity index (χ1n) is 6.23. The third-order valence-electron chi connectivity index (χ3n) is 3.39. The lowest BCUT2D eigenvalue weighted by molar-refractivity contribution is 0.860. The van der Waals surface area contributed by atoms with E-state index in [1.165, 1.54) is 5.56 Å². The number of benzene rings is 2. The van der Waals surface area contributed by atoms with Gasteiger partial charge in [0.1, 0.15) is 0 Å². The van der Waals surface area contributed by atoms with Gasteiger partial charge in [-0.3, -0.25) is 0 Å². The Kier molecular flexibility index (Phi) is 4.05. The van der Waals surface area contributed by atoms with Crippen LogP contribution in [0.4, 0.5) is 0 Å². The van der Waals surface area contributed by atoms with Gasteiger partial charge in [0.25, 0.3) is 0 Å². The minimum atomic E-state index is -0.116. The molecule has 0 saturated carbocycles. The van der Waals surface area contributed by atoms with Crippen LogP contribution in [0, 0.1) is 6.92 Å². The van der Waals surface area contributed by atoms with Crippen molar-refractivity contribution in [3.05, 3.63) is 69.7 Å². The lowest BCUT2D eigenvalue weighted by Gasteiger charge is -2.16. The first-order valence-corrected chi connectivity index (χ1v) is 6.60. The van der Waals surface area contributed by atoms with Crippen molar-refractivity contribution in [2.24, 2.45) is 5.73 Å². The number of rotatable bonds is 3. The van der Waals surface area contributed by atoms with E-state index in [2.05, 4.69) is 31.2 Å². The summed E-state index contributed by atoms with van der Waals surface area (Å²) in [4.78, 5) is 0. The molecule has 2 aromatic rings. The van der Waals surface area contributed by atoms with E-state index in [1.54, 1.807) is 0 Å². The molecule has 0 fully saturated rings. The molecule has 0 aromatic heterocycles. The molecule has 0 heterocycles. The minimum absolute atomic E-state index is 0.116. The molecule has 0 spiro atoms. The maximum absolute atomic E-state index is 6.32. The zero-order valence-electron chi connectivity index (χ0n) is 10.8. The van der Waals surface area contributed by atoms with Gasteiger partial charge in [-0.05, 0) is 41.7 Å². The molecule has 18 heavy (non-hydrogen) atoms. The van der Waals surface area contributed by atoms with Gasteiger partial charge in [0.2, 0.25) is 0 Å². The maximum atomic E-state index is 6.32. The molecular formula is C16H18ClN. The molecule has 2 N–H and O–H groups in total. The van der Waals surface area contributed by atoms with Crippen LogP contribution in [0.5, 0.6) is 0 Å². The van der Waals surface area contributed by atoms with Crippen molar-refractivity contribution in [3.8, 4) is 0 Å². The Labute approximate surface area is 114 Å². The van der Waals surface area contributed by atoms with Gasteiger partial charge in [0.15, 0.2) is 0 Å². The topological polar surface area (TPSA) is 26.0 Å². The van der Waals surface area contributed by atoms with Gasteiger partial charge in [-0.25, -0.2) is 0 Å². The van der Waals surface area contributed by atoms with Crippen LogP contribution in [0.15, 0.2) is 42.5 Å². The Morgan fingerprint density at radius 3 is 2.39 bits per heavy atom. The Morgan fingerprint density at radius 1 is 1.11 bits per heavy atom. The quantitative estimate of drug-likeness (QED) is 0.876. The second-order valence-corrected chi connectivity index (χ2v) is 4.93. The fraction of sp³-hybridized carbons (Fsp3) is 0.250. The summed E-state index contributed by atoms with van der Waals surface area (Å²) in [5.74, 6) is 0. The average Bonchev–Trinajstić information content (AvgIpc) is 2.41. The first kappa shape index (κ1) is 13.1. The van der Waals surface area contributed by atoms with Crippen molar-refractivity contribution in [3.63, 3.8) is 0 Å². The van der Waals surface area contributed by atoms with E-state index < -0.39 is 0 Å². The summed E-state index contributed by atoms with van der Waals surface area (Å²) >= 11 is 6.14. The van der Waals surface area contributed by atoms with Gasteiger partial charge in [0, 0.05) is 5.02 Å². The van der Waals surface area contributed by atoms with Crippen molar-refractivity contribution in [2.45, 2.75) is 26.3 Å². The molecule has 94 valence electrons. The van der Waals surface area contributed by atoms with Crippen LogP contribution in [-0.4, -0.2) is 0 Å². The average molecular weight is 260 g/mol. The SMILES string of the molecule is CCc1ccc(C(N)c2cccc(Cl)c2C)cc1. The van der Waals surface area contributed by atoms with Gasteiger partial charge in [-0.2, -0.15) is 0 Å². The number of nitrogens with two attached hydrogens (primary N) is 1. The first-order chi connectivity index (χ1) is 8.63. The zero-order valence-corrected chi connectivity index (χ0v) is 11.5. The summed E-state index contributed by atoms with van der Waals surface area (Å²) in [5.41, 5.74) is 10.9. The van der Waals surface area contributed by atoms with Gasteiger partial charge >= 0.3 is 0 Å². The van der Waals surface area contributed by atoms with Crippen molar-refractivity contribution in [1.82, 2.24) is 0 Å². The summed E-state index contributed by atoms with van der Waals surface area (Å²) in [5, 5.41) is 0.771. The number of aryl methyl sites for hydroxylation is 1. The summed E-state index contributed by atoms with van der Waals surface area (Å²) in [6, 6.07) is 14.2. The summed E-state index contributed by atoms with van der Waals surface area (Å²) in [6.07, 6.45) is 1.05. The molecular weight excluding hydrogens is 242 g/mol. The highest BCUT2D eigenvalue weighted by Gasteiger charge is 2.12. The van der Waals surface area contributed by atoms with Crippen molar-refractivity contribution >= 4 is 11.6 Å². The molecule has 0 aliphatic carbocycles. The smallest absolute Gasteiger partial charge is 0.0554 e. The Balaban J connectivity index is 2.35. The largest absolute Gasteiger partial charge is 0.320 e. The van der Waals surface area contributed by atoms with Crippen LogP contribution in [0.25, 0.3) is 0 Å². The van der Waals surface area contributed by atoms with E-state index in [1.807, 2.05) is 25.1 Å². The highest BCUT2D eigenvalue weighted by Crippen LogP contribution is 2.27. The van der Waals surface area contributed by atoms with E-state index in [-0.39, 0.29) is 6.04 Å². The predicted octanol–water partition coefficient (Wildman–Crippen LogP) is 4.26. The lowest BCUT2D eigenvalue weighted by Crippen LogP contribution is -2.13. The standard InChI is InChI=1S/C16H18ClN/c1-3-12-7-9-13(10-8-12)16(18)14-5-4-6-15(17)11(14)2/h4-10,16H,3,18H2,1-2H3. The molecule has 2 aromatic carbocycles. The molecule has 0 aliphatic heterocycles. The van der Waals surface area contributed by atoms with Crippen LogP contribution in [0.1, 0.15) is 35.2 Å². The van der Waals surface area contributed by atoms with E-state index >= 15 is 0 Å². The van der Waals surface area contributed by atoms with E-state index in [9.17, 15) is 0 Å². The lowest BCUT2D eigenvalue weighted by atomic mass is 9.95. The predicted molar refractivity (Wildman–Crippen MR) is 78.0 cm³/mol. The van der Waals surface area contributed by atoms with E-state index in [0.717, 1.165) is 28.1 Å². The van der Waals surface area contributed by atoms with Crippen molar-refractivity contribution in [2.75, 3.05) is 0 Å². The fourth-order valence-corrected chi connectivity index (χ4v) is 2.28. The molecule has 0 radical (unpaired) electrons. The monoisotopic (exact) mass is 259 g/mol. The molecule has 2 rings (SSSR count). The van der Waals surface area contributed by atoms with E-state index in [4.69, 9.17) is 17.3 Å². The Hall–Kier alpha value is -1.31. The summed E-state index contributed by atoms with van der Waals surface area (Å²) in [6.45, 7) is 4.16. The van der Waals surface area contributed by atoms with Gasteiger partial charge in [-0.1, -0.05) is 54.9 Å². The molecule has 1 atom stereocenters. The molecule has 1 nitrogen and oxygen atoms in total. The molecule has 0 saturated heterocycles. The third-order valence-corrected chi connectivity index (χ3v) is 3.80. The van der Waals surface area contributed by atoms with Crippen molar-refractivity contribution < 1.29 is 0 Å². The fourth-order valence-electron chi connectivity index (χ4n) is 2.10. The van der Waals surface area contributed by atoms with Crippen LogP contribution in [-0.2, 0) is 6.42 Å². The molecule has 0 aliphatic rings. The minimum Gasteiger partial charge on any atom is -0.320 e. The number of hydrogen-bond donors (Lipinski definition) is 1. The maximum Gasteiger partial charge on any atom is 0.0554 e. The van der Waals surface area contributed by atoms with Gasteiger partial charge < -0.3 is 5.73 Å². The summed E-state index contributed by atoms with van der Waals surface area (Å²) < 4.78 is 0. The third kappa shape index (κ3) is 2.58. The molecule has 0 bridgehead atoms. The van der Waals surface area contributed by atoms with Gasteiger partial charge in [0.05, 0.1) is 6.04 Å².